The molecule has 0 spiro atoms. The second-order valence-corrected chi connectivity index (χ2v) is 10.6. The van der Waals surface area contributed by atoms with Gasteiger partial charge in [0.2, 0.25) is 5.91 Å². The maximum atomic E-state index is 13.0. The van der Waals surface area contributed by atoms with E-state index in [1.54, 1.807) is 24.3 Å². The molecule has 1 heterocycles. The number of para-hydroxylation sites is 1. The first kappa shape index (κ1) is 29.4. The SMILES string of the molecule is COc1cc(/C=C2/SC(=O)N(CC(=O)Nc3c(C)cccc3C)C2=O)ccc1OCC(=O)Nc1ccc(C)c(C)c1. The van der Waals surface area contributed by atoms with Crippen LogP contribution in [-0.4, -0.2) is 48.1 Å². The van der Waals surface area contributed by atoms with Gasteiger partial charge in [-0.3, -0.25) is 24.1 Å². The van der Waals surface area contributed by atoms with Crippen LogP contribution in [0.25, 0.3) is 6.08 Å². The topological polar surface area (TPSA) is 114 Å². The fourth-order valence-corrected chi connectivity index (χ4v) is 5.01. The van der Waals surface area contributed by atoms with Crippen molar-refractivity contribution in [2.45, 2.75) is 27.7 Å². The van der Waals surface area contributed by atoms with Crippen molar-refractivity contribution in [1.29, 1.82) is 0 Å². The lowest BCUT2D eigenvalue weighted by Crippen LogP contribution is -2.36. The highest BCUT2D eigenvalue weighted by Crippen LogP contribution is 2.34. The van der Waals surface area contributed by atoms with Crippen molar-refractivity contribution in [2.24, 2.45) is 0 Å². The Balaban J connectivity index is 1.39. The zero-order valence-electron chi connectivity index (χ0n) is 23.5. The van der Waals surface area contributed by atoms with Gasteiger partial charge in [0.1, 0.15) is 6.54 Å². The number of thioether (sulfide) groups is 1. The predicted molar refractivity (Wildman–Crippen MR) is 160 cm³/mol. The molecular weight excluding hydrogens is 542 g/mol. The van der Waals surface area contributed by atoms with E-state index in [1.807, 2.05) is 64.1 Å². The average Bonchev–Trinajstić information content (AvgIpc) is 3.19. The Bertz CT molecular complexity index is 1550. The summed E-state index contributed by atoms with van der Waals surface area (Å²) in [6.07, 6.45) is 1.55. The molecule has 0 aromatic heterocycles. The number of aryl methyl sites for hydroxylation is 4. The smallest absolute Gasteiger partial charge is 0.294 e. The molecule has 0 unspecified atom stereocenters. The monoisotopic (exact) mass is 573 g/mol. The van der Waals surface area contributed by atoms with Crippen molar-refractivity contribution in [2.75, 3.05) is 30.9 Å². The maximum absolute atomic E-state index is 13.0. The summed E-state index contributed by atoms with van der Waals surface area (Å²) in [6.45, 7) is 7.09. The van der Waals surface area contributed by atoms with Crippen molar-refractivity contribution in [3.63, 3.8) is 0 Å². The van der Waals surface area contributed by atoms with Crippen LogP contribution >= 0.6 is 11.8 Å². The third-order valence-electron chi connectivity index (χ3n) is 6.56. The Labute approximate surface area is 242 Å². The Hall–Kier alpha value is -4.57. The second kappa shape index (κ2) is 12.7. The van der Waals surface area contributed by atoms with Crippen LogP contribution in [0.2, 0.25) is 0 Å². The highest BCUT2D eigenvalue weighted by molar-refractivity contribution is 8.18. The zero-order chi connectivity index (χ0) is 29.7. The third-order valence-corrected chi connectivity index (χ3v) is 7.46. The van der Waals surface area contributed by atoms with Crippen LogP contribution in [0.1, 0.15) is 27.8 Å². The van der Waals surface area contributed by atoms with Gasteiger partial charge in [0.15, 0.2) is 18.1 Å². The summed E-state index contributed by atoms with van der Waals surface area (Å²) in [6, 6.07) is 16.2. The first-order valence-electron chi connectivity index (χ1n) is 12.8. The van der Waals surface area contributed by atoms with Gasteiger partial charge in [-0.15, -0.1) is 0 Å². The van der Waals surface area contributed by atoms with Crippen LogP contribution in [0.3, 0.4) is 0 Å². The Morgan fingerprint density at radius 3 is 2.27 bits per heavy atom. The highest BCUT2D eigenvalue weighted by Gasteiger charge is 2.36. The number of ether oxygens (including phenoxy) is 2. The standard InChI is InChI=1S/C31H31N3O6S/c1-18-9-11-23(13-21(18)4)32-28(36)17-40-24-12-10-22(14-25(24)39-5)15-26-30(37)34(31(38)41-26)16-27(35)33-29-19(2)7-6-8-20(29)3/h6-15H,16-17H2,1-5H3,(H,32,36)(H,33,35)/b26-15+. The van der Waals surface area contributed by atoms with E-state index in [4.69, 9.17) is 9.47 Å². The summed E-state index contributed by atoms with van der Waals surface area (Å²) < 4.78 is 11.1. The van der Waals surface area contributed by atoms with Gasteiger partial charge in [0.05, 0.1) is 12.0 Å². The van der Waals surface area contributed by atoms with Crippen LogP contribution in [0.15, 0.2) is 59.5 Å². The minimum Gasteiger partial charge on any atom is -0.493 e. The molecule has 0 saturated carbocycles. The molecule has 1 aliphatic heterocycles. The summed E-state index contributed by atoms with van der Waals surface area (Å²) >= 11 is 0.759. The molecule has 1 aliphatic rings. The number of hydrogen-bond donors (Lipinski definition) is 2. The molecular formula is C31H31N3O6S. The molecule has 3 aromatic carbocycles. The number of hydrogen-bond acceptors (Lipinski definition) is 7. The summed E-state index contributed by atoms with van der Waals surface area (Å²) in [5.41, 5.74) is 5.90. The lowest BCUT2D eigenvalue weighted by molar-refractivity contribution is -0.127. The van der Waals surface area contributed by atoms with Crippen LogP contribution in [0.4, 0.5) is 16.2 Å². The fraction of sp³-hybridized carbons (Fsp3) is 0.226. The van der Waals surface area contributed by atoms with Gasteiger partial charge in [-0.25, -0.2) is 0 Å². The van der Waals surface area contributed by atoms with E-state index < -0.39 is 23.6 Å². The Morgan fingerprint density at radius 2 is 1.59 bits per heavy atom. The quantitative estimate of drug-likeness (QED) is 0.319. The molecule has 2 N–H and O–H groups in total. The minimum atomic E-state index is -0.557. The number of methoxy groups -OCH3 is 1. The fourth-order valence-electron chi connectivity index (χ4n) is 4.17. The summed E-state index contributed by atoms with van der Waals surface area (Å²) in [7, 11) is 1.46. The van der Waals surface area contributed by atoms with Crippen molar-refractivity contribution in [3.05, 3.63) is 87.3 Å². The molecule has 1 fully saturated rings. The molecule has 9 nitrogen and oxygen atoms in total. The maximum Gasteiger partial charge on any atom is 0.294 e. The van der Waals surface area contributed by atoms with Crippen LogP contribution < -0.4 is 20.1 Å². The zero-order valence-corrected chi connectivity index (χ0v) is 24.3. The summed E-state index contributed by atoms with van der Waals surface area (Å²) in [5, 5.41) is 5.07. The second-order valence-electron chi connectivity index (χ2n) is 9.63. The number of imide groups is 1. The molecule has 4 rings (SSSR count). The number of carbonyl (C=O) groups is 4. The van der Waals surface area contributed by atoms with Crippen LogP contribution in [0, 0.1) is 27.7 Å². The van der Waals surface area contributed by atoms with E-state index in [2.05, 4.69) is 10.6 Å². The molecule has 3 aromatic rings. The number of amides is 4. The average molecular weight is 574 g/mol. The van der Waals surface area contributed by atoms with Gasteiger partial charge in [-0.1, -0.05) is 30.3 Å². The van der Waals surface area contributed by atoms with Crippen molar-refractivity contribution >= 4 is 52.2 Å². The number of nitrogens with zero attached hydrogens (tertiary/aromatic N) is 1. The molecule has 0 atom stereocenters. The highest BCUT2D eigenvalue weighted by atomic mass is 32.2. The summed E-state index contributed by atoms with van der Waals surface area (Å²) in [5.74, 6) is -0.648. The molecule has 10 heteroatoms. The summed E-state index contributed by atoms with van der Waals surface area (Å²) in [4.78, 5) is 51.7. The third kappa shape index (κ3) is 7.15. The Morgan fingerprint density at radius 1 is 0.854 bits per heavy atom. The first-order chi connectivity index (χ1) is 19.5. The van der Waals surface area contributed by atoms with Gasteiger partial charge in [-0.2, -0.15) is 0 Å². The van der Waals surface area contributed by atoms with Crippen LogP contribution in [-0.2, 0) is 14.4 Å². The van der Waals surface area contributed by atoms with E-state index in [-0.39, 0.29) is 17.4 Å². The Kier molecular flexibility index (Phi) is 9.14. The number of anilines is 2. The molecule has 0 bridgehead atoms. The van der Waals surface area contributed by atoms with Gasteiger partial charge in [0.25, 0.3) is 17.1 Å². The molecule has 0 radical (unpaired) electrons. The van der Waals surface area contributed by atoms with E-state index in [0.717, 1.165) is 38.9 Å². The van der Waals surface area contributed by atoms with Crippen molar-refractivity contribution < 1.29 is 28.7 Å². The largest absolute Gasteiger partial charge is 0.493 e. The number of carbonyl (C=O) groups excluding carboxylic acids is 4. The minimum absolute atomic E-state index is 0.179. The lowest BCUT2D eigenvalue weighted by Gasteiger charge is -2.15. The molecule has 41 heavy (non-hydrogen) atoms. The normalized spacial score (nSPS) is 13.9. The number of nitrogens with one attached hydrogen (secondary N) is 2. The van der Waals surface area contributed by atoms with Crippen molar-refractivity contribution in [1.82, 2.24) is 4.90 Å². The molecule has 4 amide bonds. The predicted octanol–water partition coefficient (Wildman–Crippen LogP) is 5.62. The van der Waals surface area contributed by atoms with E-state index in [9.17, 15) is 19.2 Å². The first-order valence-corrected chi connectivity index (χ1v) is 13.7. The van der Waals surface area contributed by atoms with Gasteiger partial charge in [0, 0.05) is 11.4 Å². The molecule has 212 valence electrons. The number of benzene rings is 3. The van der Waals surface area contributed by atoms with Gasteiger partial charge < -0.3 is 20.1 Å². The van der Waals surface area contributed by atoms with Gasteiger partial charge in [-0.05, 0) is 97.6 Å². The van der Waals surface area contributed by atoms with Gasteiger partial charge >= 0.3 is 0 Å². The van der Waals surface area contributed by atoms with Crippen LogP contribution in [0.5, 0.6) is 11.5 Å². The number of rotatable bonds is 9. The molecule has 1 saturated heterocycles. The van der Waals surface area contributed by atoms with Crippen molar-refractivity contribution in [3.8, 4) is 11.5 Å². The lowest BCUT2D eigenvalue weighted by atomic mass is 10.1. The van der Waals surface area contributed by atoms with E-state index >= 15 is 0 Å². The van der Waals surface area contributed by atoms with E-state index in [0.29, 0.717) is 28.4 Å². The van der Waals surface area contributed by atoms with E-state index in [1.165, 1.54) is 7.11 Å². The molecule has 0 aliphatic carbocycles.